The molecule has 0 aromatic rings. The Labute approximate surface area is 110 Å². The maximum absolute atomic E-state index is 10.2. The van der Waals surface area contributed by atoms with E-state index < -0.39 is 6.17 Å². The molecular formula is C14H24N2O2. The van der Waals surface area contributed by atoms with E-state index in [-0.39, 0.29) is 0 Å². The monoisotopic (exact) mass is 252 g/mol. The summed E-state index contributed by atoms with van der Waals surface area (Å²) in [7, 11) is 0. The van der Waals surface area contributed by atoms with Crippen LogP contribution in [0.5, 0.6) is 0 Å². The predicted octanol–water partition coefficient (Wildman–Crippen LogP) is 3.47. The van der Waals surface area contributed by atoms with E-state index in [1.165, 1.54) is 25.0 Å². The van der Waals surface area contributed by atoms with Crippen molar-refractivity contribution in [2.75, 3.05) is 0 Å². The molecule has 0 aliphatic rings. The Kier molecular flexibility index (Phi) is 9.08. The van der Waals surface area contributed by atoms with Gasteiger partial charge in [-0.3, -0.25) is 0 Å². The summed E-state index contributed by atoms with van der Waals surface area (Å²) in [6.45, 7) is 8.78. The summed E-state index contributed by atoms with van der Waals surface area (Å²) in [6, 6.07) is 0. The molecule has 4 nitrogen and oxygen atoms in total. The molecule has 0 heterocycles. The third-order valence-corrected chi connectivity index (χ3v) is 3.06. The van der Waals surface area contributed by atoms with Crippen LogP contribution in [0.1, 0.15) is 53.4 Å². The van der Waals surface area contributed by atoms with Gasteiger partial charge >= 0.3 is 0 Å². The van der Waals surface area contributed by atoms with Gasteiger partial charge in [0.2, 0.25) is 12.2 Å². The van der Waals surface area contributed by atoms with E-state index in [2.05, 4.69) is 37.7 Å². The standard InChI is InChI=1S/C14H24N2O2/c1-11(2)5-6-12(3)7-13(4)8-14(15-9-17)16-10-18/h11-14H,5-8H2,1-4H3. The molecule has 2 atom stereocenters. The van der Waals surface area contributed by atoms with Crippen LogP contribution in [-0.2, 0) is 9.59 Å². The highest BCUT2D eigenvalue weighted by Gasteiger charge is 2.14. The first-order chi connectivity index (χ1) is 8.49. The number of aliphatic imine (C=N–C) groups is 2. The van der Waals surface area contributed by atoms with Crippen LogP contribution in [-0.4, -0.2) is 18.3 Å². The smallest absolute Gasteiger partial charge is 0.211 e. The molecule has 0 rings (SSSR count). The molecule has 4 heteroatoms. The van der Waals surface area contributed by atoms with Crippen LogP contribution in [0.2, 0.25) is 0 Å². The second-order valence-corrected chi connectivity index (χ2v) is 5.57. The van der Waals surface area contributed by atoms with Crippen molar-refractivity contribution < 1.29 is 9.59 Å². The zero-order valence-corrected chi connectivity index (χ0v) is 11.8. The zero-order valence-electron chi connectivity index (χ0n) is 11.8. The molecule has 0 bridgehead atoms. The van der Waals surface area contributed by atoms with Crippen LogP contribution in [0.4, 0.5) is 0 Å². The average Bonchev–Trinajstić information content (AvgIpc) is 2.26. The van der Waals surface area contributed by atoms with E-state index in [0.29, 0.717) is 18.3 Å². The SMILES string of the molecule is CC(C)CCC(C)CC(C)CC(N=C=O)N=C=O. The lowest BCUT2D eigenvalue weighted by Gasteiger charge is -2.18. The second-order valence-electron chi connectivity index (χ2n) is 5.57. The molecule has 0 radical (unpaired) electrons. The summed E-state index contributed by atoms with van der Waals surface area (Å²) in [4.78, 5) is 27.4. The molecule has 0 aliphatic heterocycles. The summed E-state index contributed by atoms with van der Waals surface area (Å²) in [5.74, 6) is 1.75. The van der Waals surface area contributed by atoms with Crippen molar-refractivity contribution in [3.05, 3.63) is 0 Å². The van der Waals surface area contributed by atoms with Gasteiger partial charge in [-0.25, -0.2) is 9.59 Å². The molecule has 0 aromatic heterocycles. The molecule has 102 valence electrons. The van der Waals surface area contributed by atoms with Gasteiger partial charge in [0.05, 0.1) is 0 Å². The summed E-state index contributed by atoms with van der Waals surface area (Å²) in [5.41, 5.74) is 0. The van der Waals surface area contributed by atoms with Crippen LogP contribution in [0.3, 0.4) is 0 Å². The first kappa shape index (κ1) is 16.8. The summed E-state index contributed by atoms with van der Waals surface area (Å²) in [6.07, 6.45) is 6.41. The Bertz CT molecular complexity index is 298. The van der Waals surface area contributed by atoms with Gasteiger partial charge < -0.3 is 0 Å². The van der Waals surface area contributed by atoms with Gasteiger partial charge in [0.15, 0.2) is 6.17 Å². The van der Waals surface area contributed by atoms with E-state index in [9.17, 15) is 9.59 Å². The number of nitrogens with zero attached hydrogens (tertiary/aromatic N) is 2. The first-order valence-corrected chi connectivity index (χ1v) is 6.63. The lowest BCUT2D eigenvalue weighted by Crippen LogP contribution is -2.11. The van der Waals surface area contributed by atoms with Gasteiger partial charge in [0.1, 0.15) is 0 Å². The lowest BCUT2D eigenvalue weighted by molar-refractivity contribution is 0.340. The fourth-order valence-corrected chi connectivity index (χ4v) is 2.13. The summed E-state index contributed by atoms with van der Waals surface area (Å²) < 4.78 is 0. The molecule has 0 spiro atoms. The van der Waals surface area contributed by atoms with E-state index in [4.69, 9.17) is 0 Å². The van der Waals surface area contributed by atoms with Crippen LogP contribution >= 0.6 is 0 Å². The van der Waals surface area contributed by atoms with Crippen molar-refractivity contribution in [1.29, 1.82) is 0 Å². The molecule has 0 N–H and O–H groups in total. The molecule has 18 heavy (non-hydrogen) atoms. The molecule has 0 aliphatic carbocycles. The second kappa shape index (κ2) is 9.76. The van der Waals surface area contributed by atoms with Gasteiger partial charge in [-0.15, -0.1) is 0 Å². The molecule has 2 unspecified atom stereocenters. The van der Waals surface area contributed by atoms with E-state index in [0.717, 1.165) is 12.3 Å². The minimum Gasteiger partial charge on any atom is -0.211 e. The van der Waals surface area contributed by atoms with E-state index in [1.54, 1.807) is 0 Å². The Hall–Kier alpha value is -1.24. The van der Waals surface area contributed by atoms with E-state index >= 15 is 0 Å². The van der Waals surface area contributed by atoms with Crippen molar-refractivity contribution in [3.63, 3.8) is 0 Å². The maximum Gasteiger partial charge on any atom is 0.237 e. The normalized spacial score (nSPS) is 15.4. The third-order valence-electron chi connectivity index (χ3n) is 3.06. The predicted molar refractivity (Wildman–Crippen MR) is 71.7 cm³/mol. The van der Waals surface area contributed by atoms with Crippen LogP contribution < -0.4 is 0 Å². The highest BCUT2D eigenvalue weighted by atomic mass is 16.1. The summed E-state index contributed by atoms with van der Waals surface area (Å²) in [5, 5.41) is 0. The number of carbonyl (C=O) groups excluding carboxylic acids is 2. The largest absolute Gasteiger partial charge is 0.237 e. The quantitative estimate of drug-likeness (QED) is 0.466. The highest BCUT2D eigenvalue weighted by Crippen LogP contribution is 2.23. The fourth-order valence-electron chi connectivity index (χ4n) is 2.13. The lowest BCUT2D eigenvalue weighted by atomic mass is 9.89. The zero-order chi connectivity index (χ0) is 14.0. The van der Waals surface area contributed by atoms with Gasteiger partial charge in [0.25, 0.3) is 0 Å². The Morgan fingerprint density at radius 2 is 1.39 bits per heavy atom. The number of isocyanates is 2. The minimum absolute atomic E-state index is 0.381. The molecule has 0 fully saturated rings. The van der Waals surface area contributed by atoms with Crippen molar-refractivity contribution in [2.45, 2.75) is 59.5 Å². The highest BCUT2D eigenvalue weighted by molar-refractivity contribution is 5.36. The van der Waals surface area contributed by atoms with Crippen molar-refractivity contribution in [3.8, 4) is 0 Å². The van der Waals surface area contributed by atoms with Crippen LogP contribution in [0.25, 0.3) is 0 Å². The Morgan fingerprint density at radius 1 is 0.833 bits per heavy atom. The van der Waals surface area contributed by atoms with Gasteiger partial charge in [0, 0.05) is 0 Å². The van der Waals surface area contributed by atoms with Crippen molar-refractivity contribution >= 4 is 12.2 Å². The summed E-state index contributed by atoms with van der Waals surface area (Å²) >= 11 is 0. The van der Waals surface area contributed by atoms with Crippen LogP contribution in [0, 0.1) is 17.8 Å². The topological polar surface area (TPSA) is 58.9 Å². The van der Waals surface area contributed by atoms with Crippen molar-refractivity contribution in [1.82, 2.24) is 0 Å². The first-order valence-electron chi connectivity index (χ1n) is 6.63. The molecule has 0 saturated heterocycles. The molecule has 0 amide bonds. The van der Waals surface area contributed by atoms with Crippen molar-refractivity contribution in [2.24, 2.45) is 27.7 Å². The Balaban J connectivity index is 4.10. The third kappa shape index (κ3) is 8.86. The minimum atomic E-state index is -0.604. The molecular weight excluding hydrogens is 228 g/mol. The maximum atomic E-state index is 10.2. The molecule has 0 aromatic carbocycles. The number of hydrogen-bond acceptors (Lipinski definition) is 4. The Morgan fingerprint density at radius 3 is 1.83 bits per heavy atom. The fraction of sp³-hybridized carbons (Fsp3) is 0.857. The van der Waals surface area contributed by atoms with Gasteiger partial charge in [-0.2, -0.15) is 9.98 Å². The number of hydrogen-bond donors (Lipinski definition) is 0. The molecule has 0 saturated carbocycles. The van der Waals surface area contributed by atoms with E-state index in [1.807, 2.05) is 0 Å². The number of rotatable bonds is 9. The van der Waals surface area contributed by atoms with Crippen LogP contribution in [0.15, 0.2) is 9.98 Å². The van der Waals surface area contributed by atoms with Gasteiger partial charge in [-0.05, 0) is 30.6 Å². The van der Waals surface area contributed by atoms with Gasteiger partial charge in [-0.1, -0.05) is 40.5 Å². The average molecular weight is 252 g/mol.